The van der Waals surface area contributed by atoms with Gasteiger partial charge in [0.2, 0.25) is 10.0 Å². The highest BCUT2D eigenvalue weighted by Crippen LogP contribution is 2.38. The SMILES string of the molecule is Cc1ccc(C#Cc2cccc(-c3nn(-c4nc(CO)cs4)c(CC4CC4)c3Cc3ccc([SH+](N)=O)c(F)c3)c2)s1. The van der Waals surface area contributed by atoms with Crippen LogP contribution in [0.25, 0.3) is 16.4 Å². The van der Waals surface area contributed by atoms with Crippen LogP contribution in [0.15, 0.2) is 64.9 Å². The molecule has 41 heavy (non-hydrogen) atoms. The zero-order chi connectivity index (χ0) is 28.5. The average molecular weight is 604 g/mol. The predicted octanol–water partition coefficient (Wildman–Crippen LogP) is 5.87. The molecule has 1 aliphatic carbocycles. The van der Waals surface area contributed by atoms with E-state index in [1.54, 1.807) is 17.4 Å². The van der Waals surface area contributed by atoms with Gasteiger partial charge in [0.1, 0.15) is 0 Å². The highest BCUT2D eigenvalue weighted by molar-refractivity contribution is 7.82. The van der Waals surface area contributed by atoms with E-state index < -0.39 is 16.8 Å². The Kier molecular flexibility index (Phi) is 7.97. The minimum Gasteiger partial charge on any atom is -0.390 e. The summed E-state index contributed by atoms with van der Waals surface area (Å²) in [7, 11) is -2.27. The Labute approximate surface area is 248 Å². The van der Waals surface area contributed by atoms with Gasteiger partial charge in [-0.25, -0.2) is 14.1 Å². The number of aryl methyl sites for hydroxylation is 1. The van der Waals surface area contributed by atoms with Crippen LogP contribution >= 0.6 is 22.7 Å². The third-order valence-electron chi connectivity index (χ3n) is 6.99. The maximum Gasteiger partial charge on any atom is 0.210 e. The molecule has 1 atom stereocenters. The minimum atomic E-state index is -2.27. The Morgan fingerprint density at radius 2 is 2.02 bits per heavy atom. The van der Waals surface area contributed by atoms with E-state index in [-0.39, 0.29) is 11.5 Å². The van der Waals surface area contributed by atoms with Gasteiger partial charge in [-0.3, -0.25) is 0 Å². The average Bonchev–Trinajstić information content (AvgIpc) is 3.32. The molecule has 208 valence electrons. The Hall–Kier alpha value is -3.46. The van der Waals surface area contributed by atoms with Crippen LogP contribution in [-0.4, -0.2) is 19.9 Å². The summed E-state index contributed by atoms with van der Waals surface area (Å²) >= 11 is 3.10. The first-order valence-electron chi connectivity index (χ1n) is 13.2. The summed E-state index contributed by atoms with van der Waals surface area (Å²) < 4.78 is 28.5. The number of hydrogen-bond donors (Lipinski definition) is 2. The van der Waals surface area contributed by atoms with Crippen LogP contribution < -0.4 is 5.14 Å². The van der Waals surface area contributed by atoms with Crippen LogP contribution in [0.3, 0.4) is 0 Å². The van der Waals surface area contributed by atoms with Crippen molar-refractivity contribution >= 4 is 33.7 Å². The molecule has 1 unspecified atom stereocenters. The zero-order valence-corrected chi connectivity index (χ0v) is 24.8. The third kappa shape index (κ3) is 6.25. The largest absolute Gasteiger partial charge is 0.390 e. The molecule has 0 bridgehead atoms. The van der Waals surface area contributed by atoms with Gasteiger partial charge >= 0.3 is 0 Å². The van der Waals surface area contributed by atoms with Gasteiger partial charge in [-0.05, 0) is 74.1 Å². The van der Waals surface area contributed by atoms with Gasteiger partial charge in [0.25, 0.3) is 0 Å². The molecule has 0 saturated heterocycles. The van der Waals surface area contributed by atoms with Gasteiger partial charge in [-0.2, -0.15) is 5.10 Å². The molecule has 1 aliphatic rings. The Balaban J connectivity index is 1.47. The highest BCUT2D eigenvalue weighted by Gasteiger charge is 2.29. The first-order valence-corrected chi connectivity index (χ1v) is 16.3. The van der Waals surface area contributed by atoms with E-state index in [4.69, 9.17) is 10.2 Å². The molecule has 5 aromatic rings. The molecule has 0 radical (unpaired) electrons. The number of aromatic nitrogens is 3. The predicted molar refractivity (Wildman–Crippen MR) is 163 cm³/mol. The minimum absolute atomic E-state index is 0.0180. The molecule has 10 heteroatoms. The smallest absolute Gasteiger partial charge is 0.210 e. The number of aliphatic hydroxyl groups excluding tert-OH is 1. The van der Waals surface area contributed by atoms with Gasteiger partial charge in [0, 0.05) is 33.4 Å². The second kappa shape index (κ2) is 11.8. The number of nitrogens with zero attached hydrogens (tertiary/aromatic N) is 3. The number of thiol groups is 1. The van der Waals surface area contributed by atoms with Crippen LogP contribution in [0.5, 0.6) is 0 Å². The van der Waals surface area contributed by atoms with Crippen molar-refractivity contribution < 1.29 is 13.7 Å². The fourth-order valence-electron chi connectivity index (χ4n) is 4.76. The van der Waals surface area contributed by atoms with Crippen molar-refractivity contribution in [2.24, 2.45) is 11.1 Å². The molecule has 3 aromatic heterocycles. The van der Waals surface area contributed by atoms with Crippen molar-refractivity contribution in [3.05, 3.63) is 104 Å². The fourth-order valence-corrected chi connectivity index (χ4v) is 6.76. The van der Waals surface area contributed by atoms with Crippen LogP contribution in [0.2, 0.25) is 0 Å². The quantitative estimate of drug-likeness (QED) is 0.132. The lowest BCUT2D eigenvalue weighted by molar-refractivity contribution is 0.277. The lowest BCUT2D eigenvalue weighted by Crippen LogP contribution is -2.06. The number of aliphatic hydroxyl groups is 1. The molecular weight excluding hydrogens is 576 g/mol. The second-order valence-electron chi connectivity index (χ2n) is 10.1. The lowest BCUT2D eigenvalue weighted by Gasteiger charge is -2.09. The van der Waals surface area contributed by atoms with Crippen molar-refractivity contribution in [3.8, 4) is 28.2 Å². The molecule has 6 rings (SSSR count). The molecule has 6 nitrogen and oxygen atoms in total. The summed E-state index contributed by atoms with van der Waals surface area (Å²) in [6.45, 7) is 1.92. The number of thiazole rings is 1. The van der Waals surface area contributed by atoms with Gasteiger partial charge in [-0.1, -0.05) is 34.2 Å². The third-order valence-corrected chi connectivity index (χ3v) is 9.61. The fraction of sp³-hybridized carbons (Fsp3) is 0.226. The second-order valence-corrected chi connectivity index (χ2v) is 13.4. The Morgan fingerprint density at radius 3 is 2.71 bits per heavy atom. The highest BCUT2D eigenvalue weighted by atomic mass is 32.2. The zero-order valence-electron chi connectivity index (χ0n) is 22.3. The molecule has 3 N–H and O–H groups in total. The summed E-state index contributed by atoms with van der Waals surface area (Å²) in [5.41, 5.74) is 5.91. The molecule has 0 aliphatic heterocycles. The standard InChI is InChI=1S/C31H27FN4O2S3/c1-19-5-10-25(40-19)11-8-20-3-2-4-23(13-20)30-26(14-22-9-12-29(41(33)38)27(32)15-22)28(16-21-6-7-21)36(35-30)31-34-24(17-37)18-39-31/h2-5,9-10,12-13,15,18,21,37H,6-7,14,16-17H2,1H3,(H2,33,38)/p+1. The van der Waals surface area contributed by atoms with Crippen LogP contribution in [0.4, 0.5) is 4.39 Å². The monoisotopic (exact) mass is 603 g/mol. The molecule has 3 heterocycles. The van der Waals surface area contributed by atoms with Crippen LogP contribution in [0.1, 0.15) is 50.7 Å². The number of nitrogens with two attached hydrogens (primary N) is 1. The van der Waals surface area contributed by atoms with E-state index in [0.29, 0.717) is 23.2 Å². The van der Waals surface area contributed by atoms with Gasteiger partial charge in [0.15, 0.2) is 16.8 Å². The first kappa shape index (κ1) is 27.7. The summed E-state index contributed by atoms with van der Waals surface area (Å²) in [6, 6.07) is 16.8. The van der Waals surface area contributed by atoms with E-state index in [1.807, 2.05) is 40.4 Å². The maximum absolute atomic E-state index is 14.8. The number of rotatable bonds is 8. The summed E-state index contributed by atoms with van der Waals surface area (Å²) in [5, 5.41) is 22.7. The summed E-state index contributed by atoms with van der Waals surface area (Å²) in [6.07, 6.45) is 3.56. The van der Waals surface area contributed by atoms with Crippen molar-refractivity contribution in [1.82, 2.24) is 14.8 Å². The molecular formula is C31H28FN4O2S3+. The Morgan fingerprint density at radius 1 is 1.17 bits per heavy atom. The molecule has 1 fully saturated rings. The summed E-state index contributed by atoms with van der Waals surface area (Å²) in [5.74, 6) is 6.52. The maximum atomic E-state index is 14.8. The van der Waals surface area contributed by atoms with E-state index in [1.165, 1.54) is 28.3 Å². The van der Waals surface area contributed by atoms with E-state index in [0.717, 1.165) is 57.8 Å². The van der Waals surface area contributed by atoms with Crippen LogP contribution in [0, 0.1) is 30.5 Å². The molecule has 2 aromatic carbocycles. The number of halogens is 1. The van der Waals surface area contributed by atoms with E-state index in [9.17, 15) is 13.7 Å². The normalized spacial score (nSPS) is 13.7. The molecule has 0 spiro atoms. The number of benzene rings is 2. The van der Waals surface area contributed by atoms with Crippen molar-refractivity contribution in [3.63, 3.8) is 0 Å². The lowest BCUT2D eigenvalue weighted by atomic mass is 9.96. The summed E-state index contributed by atoms with van der Waals surface area (Å²) in [4.78, 5) is 6.86. The first-order chi connectivity index (χ1) is 19.9. The van der Waals surface area contributed by atoms with Gasteiger partial charge in [0.05, 0.1) is 28.6 Å². The van der Waals surface area contributed by atoms with Crippen molar-refractivity contribution in [2.45, 2.75) is 44.1 Å². The van der Waals surface area contributed by atoms with E-state index in [2.05, 4.69) is 29.8 Å². The molecule has 0 amide bonds. The van der Waals surface area contributed by atoms with Gasteiger partial charge < -0.3 is 5.11 Å². The van der Waals surface area contributed by atoms with E-state index >= 15 is 0 Å². The topological polar surface area (TPSA) is 94.0 Å². The number of thiophene rings is 1. The van der Waals surface area contributed by atoms with Gasteiger partial charge in [-0.15, -0.1) is 27.8 Å². The van der Waals surface area contributed by atoms with Crippen molar-refractivity contribution in [1.29, 1.82) is 0 Å². The van der Waals surface area contributed by atoms with Crippen molar-refractivity contribution in [2.75, 3.05) is 0 Å². The Bertz CT molecular complexity index is 1820. The number of hydrogen-bond acceptors (Lipinski definition) is 6. The molecule has 1 saturated carbocycles. The van der Waals surface area contributed by atoms with Crippen LogP contribution in [-0.2, 0) is 34.6 Å².